The minimum atomic E-state index is -5.54. The van der Waals surface area contributed by atoms with Gasteiger partial charge >= 0.3 is 29.4 Å². The zero-order valence-corrected chi connectivity index (χ0v) is 32.8. The van der Waals surface area contributed by atoms with E-state index in [0.717, 1.165) is 17.2 Å². The number of fused-ring (bicyclic) bond motifs is 1. The van der Waals surface area contributed by atoms with Crippen LogP contribution in [0.2, 0.25) is 0 Å². The Balaban J connectivity index is 0.00000136. The van der Waals surface area contributed by atoms with Gasteiger partial charge in [-0.1, -0.05) is 13.8 Å². The van der Waals surface area contributed by atoms with Crippen LogP contribution in [0.1, 0.15) is 39.8 Å². The number of aliphatic carboxylic acids is 1. The van der Waals surface area contributed by atoms with Crippen LogP contribution < -0.4 is 16.4 Å². The van der Waals surface area contributed by atoms with Crippen LogP contribution in [-0.4, -0.2) is 134 Å². The summed E-state index contributed by atoms with van der Waals surface area (Å²) in [6, 6.07) is 0. The number of carbonyl (C=O) groups is 4. The summed E-state index contributed by atoms with van der Waals surface area (Å²) in [6.07, 6.45) is -7.10. The number of hydrogen-bond acceptors (Lipinski definition) is 19. The third-order valence-electron chi connectivity index (χ3n) is 6.91. The van der Waals surface area contributed by atoms with Gasteiger partial charge in [0.1, 0.15) is 48.5 Å². The first-order valence-electron chi connectivity index (χ1n) is 15.5. The maximum absolute atomic E-state index is 12.6. The summed E-state index contributed by atoms with van der Waals surface area (Å²) in [5.74, 6) is -2.32. The number of aromatic nitrogens is 4. The molecule has 1 aliphatic heterocycles. The molecular formula is C25H42N7O19P3S. The second kappa shape index (κ2) is 20.5. The maximum atomic E-state index is 12.6. The normalized spacial score (nSPS) is 21.4. The number of rotatable bonds is 20. The number of anilines is 1. The van der Waals surface area contributed by atoms with Crippen molar-refractivity contribution < 1.29 is 90.4 Å². The molecule has 2 aromatic heterocycles. The van der Waals surface area contributed by atoms with Crippen molar-refractivity contribution in [3.63, 3.8) is 0 Å². The van der Waals surface area contributed by atoms with Gasteiger partial charge in [-0.2, -0.15) is 16.9 Å². The number of phosphoric ester groups is 3. The van der Waals surface area contributed by atoms with Gasteiger partial charge in [-0.15, -0.1) is 0 Å². The van der Waals surface area contributed by atoms with Gasteiger partial charge in [0.2, 0.25) is 11.8 Å². The molecule has 30 heteroatoms. The largest absolute Gasteiger partial charge is 0.481 e. The predicted molar refractivity (Wildman–Crippen MR) is 186 cm³/mol. The van der Waals surface area contributed by atoms with E-state index in [-0.39, 0.29) is 48.1 Å². The van der Waals surface area contributed by atoms with Crippen LogP contribution in [0.4, 0.5) is 5.82 Å². The number of nitrogens with one attached hydrogen (secondary N) is 2. The molecule has 1 fully saturated rings. The van der Waals surface area contributed by atoms with E-state index < -0.39 is 84.6 Å². The lowest BCUT2D eigenvalue weighted by atomic mass is 9.87. The number of carboxylic acid groups (broad SMARTS) is 1. The monoisotopic (exact) mass is 869 g/mol. The fraction of sp³-hybridized carbons (Fsp3) is 0.640. The molecule has 2 amide bonds. The summed E-state index contributed by atoms with van der Waals surface area (Å²) in [4.78, 5) is 94.1. The Hall–Kier alpha value is -2.97. The number of hydrogen-bond donors (Lipinski definition) is 11. The number of nitrogens with two attached hydrogens (primary N) is 1. The Bertz CT molecular complexity index is 1800. The van der Waals surface area contributed by atoms with E-state index in [1.807, 2.05) is 0 Å². The molecule has 0 bridgehead atoms. The van der Waals surface area contributed by atoms with Crippen molar-refractivity contribution in [2.75, 3.05) is 37.8 Å². The maximum Gasteiger partial charge on any atom is 0.481 e. The number of nitrogens with zero attached hydrogens (tertiary/aromatic N) is 4. The molecule has 0 saturated carbocycles. The number of ether oxygens (including phenoxy) is 1. The number of aliphatic hydroxyl groups excluding tert-OH is 2. The highest BCUT2D eigenvalue weighted by Crippen LogP contribution is 2.61. The number of amides is 2. The van der Waals surface area contributed by atoms with Gasteiger partial charge in [0.05, 0.1) is 19.5 Å². The van der Waals surface area contributed by atoms with Crippen LogP contribution in [0.3, 0.4) is 0 Å². The first kappa shape index (κ1) is 48.2. The Morgan fingerprint density at radius 2 is 1.69 bits per heavy atom. The van der Waals surface area contributed by atoms with Crippen molar-refractivity contribution in [3.05, 3.63) is 12.7 Å². The smallest absolute Gasteiger partial charge is 0.481 e. The zero-order valence-electron chi connectivity index (χ0n) is 29.2. The lowest BCUT2D eigenvalue weighted by Gasteiger charge is -2.30. The average Bonchev–Trinajstić information content (AvgIpc) is 3.61. The number of imidazole rings is 1. The van der Waals surface area contributed by atoms with E-state index in [9.17, 15) is 62.7 Å². The Morgan fingerprint density at radius 1 is 1.05 bits per heavy atom. The van der Waals surface area contributed by atoms with Crippen LogP contribution >= 0.6 is 36.1 Å². The van der Waals surface area contributed by atoms with E-state index >= 15 is 0 Å². The van der Waals surface area contributed by atoms with Crippen molar-refractivity contribution >= 4 is 76.6 Å². The molecule has 0 aromatic carbocycles. The van der Waals surface area contributed by atoms with E-state index in [1.165, 1.54) is 20.8 Å². The lowest BCUT2D eigenvalue weighted by Crippen LogP contribution is -2.46. The summed E-state index contributed by atoms with van der Waals surface area (Å²) in [6.45, 7) is 1.97. The molecule has 0 aliphatic carbocycles. The van der Waals surface area contributed by atoms with Crippen LogP contribution in [-0.2, 0) is 55.5 Å². The van der Waals surface area contributed by atoms with Gasteiger partial charge < -0.3 is 56.0 Å². The van der Waals surface area contributed by atoms with Crippen molar-refractivity contribution in [1.29, 1.82) is 0 Å². The van der Waals surface area contributed by atoms with Gasteiger partial charge in [-0.3, -0.25) is 37.3 Å². The minimum Gasteiger partial charge on any atom is -0.481 e. The van der Waals surface area contributed by atoms with Crippen LogP contribution in [0.25, 0.3) is 11.2 Å². The molecule has 1 aliphatic rings. The summed E-state index contributed by atoms with van der Waals surface area (Å²) in [7, 11) is -16.3. The van der Waals surface area contributed by atoms with Crippen molar-refractivity contribution in [1.82, 2.24) is 30.2 Å². The molecule has 3 rings (SSSR count). The number of nitrogen functional groups attached to an aromatic ring is 1. The molecule has 3 unspecified atom stereocenters. The standard InChI is InChI=1S/C21H36N7O16P3S.C4H6O3/c1-21(2,16(31)19(32)24-4-3-12(29)23-5-6-48)8-41-47(38,39)44-46(36,37)40-7-11-15(43-45(33,34)35)14(30)20(42-11)28-10-27-13-17(22)25-9-26-18(13)28;1-3(5)2-4(6)7/h9-11,14-16,20,30-31,48H,3-8H2,1-2H3,(H,23,29)(H,24,32)(H,36,37)(H,38,39)(H2,22,25,26)(H2,33,34,35);2H2,1H3,(H,6,7)/t11-,14-,15-,16?,20-;/m1./s1. The molecule has 1 saturated heterocycles. The molecular weight excluding hydrogens is 827 g/mol. The number of thiol groups is 1. The zero-order chi connectivity index (χ0) is 41.9. The molecule has 55 heavy (non-hydrogen) atoms. The summed E-state index contributed by atoms with van der Waals surface area (Å²) >= 11 is 3.95. The van der Waals surface area contributed by atoms with E-state index in [4.69, 9.17) is 24.6 Å². The molecule has 0 spiro atoms. The number of ketones is 1. The number of carbonyl (C=O) groups excluding carboxylic acids is 3. The van der Waals surface area contributed by atoms with Gasteiger partial charge in [-0.25, -0.2) is 28.6 Å². The molecule has 0 radical (unpaired) electrons. The molecule has 2 aromatic rings. The van der Waals surface area contributed by atoms with Crippen molar-refractivity contribution in [2.24, 2.45) is 5.41 Å². The quantitative estimate of drug-likeness (QED) is 0.0405. The van der Waals surface area contributed by atoms with Gasteiger partial charge in [-0.05, 0) is 6.92 Å². The molecule has 26 nitrogen and oxygen atoms in total. The molecule has 7 atom stereocenters. The van der Waals surface area contributed by atoms with Crippen LogP contribution in [0.5, 0.6) is 0 Å². The number of aliphatic hydroxyl groups is 2. The lowest BCUT2D eigenvalue weighted by molar-refractivity contribution is -0.140. The Morgan fingerprint density at radius 3 is 2.25 bits per heavy atom. The van der Waals surface area contributed by atoms with E-state index in [2.05, 4.69) is 47.0 Å². The van der Waals surface area contributed by atoms with Crippen molar-refractivity contribution in [2.45, 2.75) is 64.3 Å². The summed E-state index contributed by atoms with van der Waals surface area (Å²) < 4.78 is 61.7. The highest BCUT2D eigenvalue weighted by Gasteiger charge is 2.50. The van der Waals surface area contributed by atoms with Crippen LogP contribution in [0, 0.1) is 5.41 Å². The topological polar surface area (TPSA) is 401 Å². The molecule has 11 N–H and O–H groups in total. The number of carboxylic acids is 1. The molecule has 3 heterocycles. The SMILES string of the molecule is CC(=O)CC(=O)O.CC(C)(COP(=O)(O)OP(=O)(O)OC[C@H]1O[C@@H](n2cnc3c(N)ncnc32)[C@H](O)[C@@H]1OP(=O)(O)O)C(O)C(=O)NCCC(=O)NCCS. The van der Waals surface area contributed by atoms with Gasteiger partial charge in [0.25, 0.3) is 0 Å². The minimum absolute atomic E-state index is 0.0363. The number of phosphoric acid groups is 3. The second-order valence-electron chi connectivity index (χ2n) is 12.1. The third-order valence-corrected chi connectivity index (χ3v) is 10.2. The van der Waals surface area contributed by atoms with E-state index in [1.54, 1.807) is 0 Å². The number of Topliss-reactive ketones (excluding diaryl/α,β-unsaturated/α-hetero) is 1. The average molecular weight is 870 g/mol. The molecule has 312 valence electrons. The van der Waals surface area contributed by atoms with Gasteiger partial charge in [0.15, 0.2) is 17.7 Å². The highest BCUT2D eigenvalue weighted by molar-refractivity contribution is 7.80. The second-order valence-corrected chi connectivity index (χ2v) is 16.7. The fourth-order valence-corrected chi connectivity index (χ4v) is 7.29. The van der Waals surface area contributed by atoms with Gasteiger partial charge in [0, 0.05) is 30.7 Å². The van der Waals surface area contributed by atoms with E-state index in [0.29, 0.717) is 12.3 Å². The Labute approximate surface area is 317 Å². The fourth-order valence-electron chi connectivity index (χ4n) is 4.35. The third kappa shape index (κ3) is 15.8. The summed E-state index contributed by atoms with van der Waals surface area (Å²) in [5, 5.41) is 34.0. The van der Waals surface area contributed by atoms with Crippen molar-refractivity contribution in [3.8, 4) is 0 Å². The highest BCUT2D eigenvalue weighted by atomic mass is 32.1. The van der Waals surface area contributed by atoms with Crippen LogP contribution in [0.15, 0.2) is 12.7 Å². The first-order chi connectivity index (χ1) is 25.3. The summed E-state index contributed by atoms with van der Waals surface area (Å²) in [5.41, 5.74) is 4.30. The predicted octanol–water partition coefficient (Wildman–Crippen LogP) is -1.62. The Kier molecular flexibility index (Phi) is 17.9. The first-order valence-corrected chi connectivity index (χ1v) is 20.7.